The fraction of sp³-hybridized carbons (Fsp3) is 0.217. The summed E-state index contributed by atoms with van der Waals surface area (Å²) in [5.41, 5.74) is 3.88. The van der Waals surface area contributed by atoms with Crippen LogP contribution in [0.25, 0.3) is 0 Å². The van der Waals surface area contributed by atoms with Gasteiger partial charge in [-0.15, -0.1) is 0 Å². The zero-order chi connectivity index (χ0) is 20.1. The highest BCUT2D eigenvalue weighted by atomic mass is 16.5. The van der Waals surface area contributed by atoms with Gasteiger partial charge in [0.05, 0.1) is 0 Å². The molecule has 1 heterocycles. The van der Waals surface area contributed by atoms with Crippen molar-refractivity contribution in [3.05, 3.63) is 94.8 Å². The van der Waals surface area contributed by atoms with Gasteiger partial charge in [0, 0.05) is 23.5 Å². The van der Waals surface area contributed by atoms with E-state index in [1.165, 1.54) is 0 Å². The van der Waals surface area contributed by atoms with Crippen LogP contribution in [0.4, 0.5) is 0 Å². The van der Waals surface area contributed by atoms with Gasteiger partial charge in [-0.3, -0.25) is 4.79 Å². The number of aryl methyl sites for hydroxylation is 1. The first kappa shape index (κ1) is 19.6. The molecular weight excluding hydrogens is 354 g/mol. The molecule has 3 aromatic rings. The second-order valence-electron chi connectivity index (χ2n) is 6.70. The summed E-state index contributed by atoms with van der Waals surface area (Å²) in [5.74, 6) is -1.13. The number of carbonyl (C=O) groups is 2. The molecule has 1 atom stereocenters. The fourth-order valence-electron chi connectivity index (χ4n) is 3.16. The number of carbonyl (C=O) groups excluding carboxylic acids is 2. The number of hydrogen-bond acceptors (Lipinski definition) is 4. The number of benzene rings is 2. The fourth-order valence-corrected chi connectivity index (χ4v) is 3.16. The Labute approximate surface area is 164 Å². The van der Waals surface area contributed by atoms with Crippen molar-refractivity contribution >= 4 is 11.8 Å². The molecule has 0 fully saturated rings. The Morgan fingerprint density at radius 2 is 1.61 bits per heavy atom. The normalized spacial score (nSPS) is 11.8. The molecule has 0 amide bonds. The van der Waals surface area contributed by atoms with E-state index >= 15 is 0 Å². The molecular formula is C23H23NO4. The first-order valence-electron chi connectivity index (χ1n) is 9.11. The molecule has 1 aromatic heterocycles. The molecule has 0 bridgehead atoms. The van der Waals surface area contributed by atoms with Crippen LogP contribution < -0.4 is 0 Å². The van der Waals surface area contributed by atoms with Crippen LogP contribution in [-0.2, 0) is 16.1 Å². The highest BCUT2D eigenvalue weighted by molar-refractivity contribution is 5.99. The number of Topliss-reactive ketones (excluding diaryl/α,β-unsaturated/α-hetero) is 1. The molecule has 28 heavy (non-hydrogen) atoms. The minimum atomic E-state index is -1.40. The molecule has 5 heteroatoms. The average molecular weight is 377 g/mol. The SMILES string of the molecule is Cc1cc(C(=O)COC(=O)C(O)c2ccccc2)c(C)n1Cc1ccccc1. The second-order valence-corrected chi connectivity index (χ2v) is 6.70. The summed E-state index contributed by atoms with van der Waals surface area (Å²) in [6, 6.07) is 20.3. The largest absolute Gasteiger partial charge is 0.455 e. The van der Waals surface area contributed by atoms with Crippen molar-refractivity contribution in [3.63, 3.8) is 0 Å². The number of ketones is 1. The number of aliphatic hydroxyl groups excluding tert-OH is 1. The Morgan fingerprint density at radius 1 is 1.00 bits per heavy atom. The predicted molar refractivity (Wildman–Crippen MR) is 106 cm³/mol. The number of aromatic nitrogens is 1. The molecule has 2 aromatic carbocycles. The lowest BCUT2D eigenvalue weighted by atomic mass is 10.1. The molecule has 3 rings (SSSR count). The summed E-state index contributed by atoms with van der Waals surface area (Å²) in [7, 11) is 0. The number of ether oxygens (including phenoxy) is 1. The van der Waals surface area contributed by atoms with E-state index in [0.717, 1.165) is 17.0 Å². The lowest BCUT2D eigenvalue weighted by Gasteiger charge is -2.11. The van der Waals surface area contributed by atoms with E-state index in [2.05, 4.69) is 4.57 Å². The first-order chi connectivity index (χ1) is 13.5. The number of rotatable bonds is 7. The Balaban J connectivity index is 1.66. The average Bonchev–Trinajstić information content (AvgIpc) is 3.01. The minimum absolute atomic E-state index is 0.291. The Hall–Kier alpha value is -3.18. The van der Waals surface area contributed by atoms with E-state index in [1.54, 1.807) is 30.3 Å². The predicted octanol–water partition coefficient (Wildman–Crippen LogP) is 3.61. The summed E-state index contributed by atoms with van der Waals surface area (Å²) in [5, 5.41) is 10.0. The van der Waals surface area contributed by atoms with Gasteiger partial charge in [0.2, 0.25) is 5.78 Å². The van der Waals surface area contributed by atoms with Crippen LogP contribution in [0.2, 0.25) is 0 Å². The molecule has 1 N–H and O–H groups in total. The highest BCUT2D eigenvalue weighted by Gasteiger charge is 2.22. The van der Waals surface area contributed by atoms with E-state index in [9.17, 15) is 14.7 Å². The minimum Gasteiger partial charge on any atom is -0.455 e. The van der Waals surface area contributed by atoms with Gasteiger partial charge in [0.15, 0.2) is 12.7 Å². The zero-order valence-corrected chi connectivity index (χ0v) is 16.0. The third-order valence-electron chi connectivity index (χ3n) is 4.74. The van der Waals surface area contributed by atoms with Crippen LogP contribution in [0.5, 0.6) is 0 Å². The van der Waals surface area contributed by atoms with Crippen molar-refractivity contribution in [1.82, 2.24) is 4.57 Å². The summed E-state index contributed by atoms with van der Waals surface area (Å²) in [4.78, 5) is 24.6. The molecule has 0 radical (unpaired) electrons. The second kappa shape index (κ2) is 8.67. The molecule has 1 unspecified atom stereocenters. The monoisotopic (exact) mass is 377 g/mol. The Morgan fingerprint density at radius 3 is 2.25 bits per heavy atom. The number of esters is 1. The topological polar surface area (TPSA) is 68.5 Å². The molecule has 0 aliphatic carbocycles. The third kappa shape index (κ3) is 4.38. The zero-order valence-electron chi connectivity index (χ0n) is 16.0. The smallest absolute Gasteiger partial charge is 0.340 e. The molecule has 0 aliphatic rings. The van der Waals surface area contributed by atoms with E-state index in [0.29, 0.717) is 17.7 Å². The van der Waals surface area contributed by atoms with Gasteiger partial charge in [-0.1, -0.05) is 60.7 Å². The maximum Gasteiger partial charge on any atom is 0.340 e. The van der Waals surface area contributed by atoms with Crippen LogP contribution in [0, 0.1) is 13.8 Å². The van der Waals surface area contributed by atoms with Crippen LogP contribution >= 0.6 is 0 Å². The van der Waals surface area contributed by atoms with E-state index < -0.39 is 18.7 Å². The standard InChI is InChI=1S/C23H23NO4/c1-16-13-20(17(2)24(16)14-18-9-5-3-6-10-18)21(25)15-28-23(27)22(26)19-11-7-4-8-12-19/h3-13,22,26H,14-15H2,1-2H3. The van der Waals surface area contributed by atoms with Gasteiger partial charge in [0.1, 0.15) is 0 Å². The van der Waals surface area contributed by atoms with Crippen molar-refractivity contribution in [2.45, 2.75) is 26.5 Å². The van der Waals surface area contributed by atoms with Crippen molar-refractivity contribution < 1.29 is 19.4 Å². The van der Waals surface area contributed by atoms with Crippen LogP contribution in [0.15, 0.2) is 66.7 Å². The van der Waals surface area contributed by atoms with Crippen LogP contribution in [0.1, 0.15) is 39.0 Å². The van der Waals surface area contributed by atoms with Crippen LogP contribution in [0.3, 0.4) is 0 Å². The van der Waals surface area contributed by atoms with Crippen LogP contribution in [-0.4, -0.2) is 28.0 Å². The van der Waals surface area contributed by atoms with Gasteiger partial charge < -0.3 is 14.4 Å². The van der Waals surface area contributed by atoms with Gasteiger partial charge in [0.25, 0.3) is 0 Å². The van der Waals surface area contributed by atoms with Crippen molar-refractivity contribution in [2.75, 3.05) is 6.61 Å². The molecule has 0 saturated heterocycles. The van der Waals surface area contributed by atoms with Gasteiger partial charge >= 0.3 is 5.97 Å². The summed E-state index contributed by atoms with van der Waals surface area (Å²) in [6.45, 7) is 4.08. The van der Waals surface area contributed by atoms with E-state index in [1.807, 2.05) is 50.2 Å². The third-order valence-corrected chi connectivity index (χ3v) is 4.74. The Kier molecular flexibility index (Phi) is 6.06. The molecule has 0 aliphatic heterocycles. The van der Waals surface area contributed by atoms with Gasteiger partial charge in [-0.25, -0.2) is 4.79 Å². The summed E-state index contributed by atoms with van der Waals surface area (Å²) >= 11 is 0. The van der Waals surface area contributed by atoms with Crippen molar-refractivity contribution in [2.24, 2.45) is 0 Å². The van der Waals surface area contributed by atoms with E-state index in [4.69, 9.17) is 4.74 Å². The van der Waals surface area contributed by atoms with E-state index in [-0.39, 0.29) is 5.78 Å². The lowest BCUT2D eigenvalue weighted by molar-refractivity contribution is -0.152. The Bertz CT molecular complexity index is 961. The van der Waals surface area contributed by atoms with Crippen molar-refractivity contribution in [3.8, 4) is 0 Å². The lowest BCUT2D eigenvalue weighted by Crippen LogP contribution is -2.20. The van der Waals surface area contributed by atoms with Gasteiger partial charge in [-0.2, -0.15) is 0 Å². The molecule has 144 valence electrons. The van der Waals surface area contributed by atoms with Gasteiger partial charge in [-0.05, 0) is 31.0 Å². The quantitative estimate of drug-likeness (QED) is 0.504. The highest BCUT2D eigenvalue weighted by Crippen LogP contribution is 2.19. The van der Waals surface area contributed by atoms with Crippen molar-refractivity contribution in [1.29, 1.82) is 0 Å². The number of nitrogens with zero attached hydrogens (tertiary/aromatic N) is 1. The summed E-state index contributed by atoms with van der Waals surface area (Å²) < 4.78 is 7.11. The first-order valence-corrected chi connectivity index (χ1v) is 9.11. The molecule has 5 nitrogen and oxygen atoms in total. The number of hydrogen-bond donors (Lipinski definition) is 1. The summed E-state index contributed by atoms with van der Waals surface area (Å²) in [6.07, 6.45) is -1.40. The number of aliphatic hydroxyl groups is 1. The maximum atomic E-state index is 12.6. The maximum absolute atomic E-state index is 12.6. The molecule has 0 spiro atoms. The molecule has 0 saturated carbocycles.